The van der Waals surface area contributed by atoms with Crippen molar-refractivity contribution in [2.24, 2.45) is 4.99 Å². The van der Waals surface area contributed by atoms with E-state index in [1.165, 1.54) is 19.3 Å². The summed E-state index contributed by atoms with van der Waals surface area (Å²) in [7, 11) is 0. The highest BCUT2D eigenvalue weighted by Gasteiger charge is 2.17. The maximum atomic E-state index is 11.6. The van der Waals surface area contributed by atoms with E-state index in [9.17, 15) is 4.79 Å². The Morgan fingerprint density at radius 3 is 2.71 bits per heavy atom. The highest BCUT2D eigenvalue weighted by Crippen LogP contribution is 2.17. The van der Waals surface area contributed by atoms with Crippen molar-refractivity contribution < 1.29 is 4.79 Å². The fourth-order valence-electron chi connectivity index (χ4n) is 1.52. The summed E-state index contributed by atoms with van der Waals surface area (Å²) in [6.07, 6.45) is 6.25. The van der Waals surface area contributed by atoms with Crippen molar-refractivity contribution in [3.63, 3.8) is 0 Å². The van der Waals surface area contributed by atoms with E-state index < -0.39 is 0 Å². The molecular formula is C12H20ClN3O. The van der Waals surface area contributed by atoms with Crippen molar-refractivity contribution in [2.45, 2.75) is 45.6 Å². The van der Waals surface area contributed by atoms with Gasteiger partial charge in [-0.05, 0) is 32.3 Å². The number of aliphatic imine (C=N–C) groups is 1. The number of nitrogens with zero attached hydrogens (tertiary/aromatic N) is 1. The van der Waals surface area contributed by atoms with Crippen LogP contribution in [-0.2, 0) is 4.79 Å². The van der Waals surface area contributed by atoms with Crippen LogP contribution in [0.5, 0.6) is 0 Å². The summed E-state index contributed by atoms with van der Waals surface area (Å²) in [6, 6.07) is 0.512. The minimum Gasteiger partial charge on any atom is -0.310 e. The average molecular weight is 258 g/mol. The molecule has 0 aromatic carbocycles. The predicted octanol–water partition coefficient (Wildman–Crippen LogP) is 2.15. The number of hydrogen-bond donors (Lipinski definition) is 2. The van der Waals surface area contributed by atoms with Crippen molar-refractivity contribution in [1.82, 2.24) is 10.6 Å². The third-order valence-electron chi connectivity index (χ3n) is 2.60. The summed E-state index contributed by atoms with van der Waals surface area (Å²) >= 11 is 5.69. The first-order valence-electron chi connectivity index (χ1n) is 6.06. The van der Waals surface area contributed by atoms with E-state index in [-0.39, 0.29) is 5.91 Å². The molecule has 1 amide bonds. The Hall–Kier alpha value is -0.870. The third kappa shape index (κ3) is 5.84. The zero-order valence-electron chi connectivity index (χ0n) is 10.4. The topological polar surface area (TPSA) is 53.5 Å². The summed E-state index contributed by atoms with van der Waals surface area (Å²) in [5.74, 6) is 0.457. The van der Waals surface area contributed by atoms with Crippen LogP contribution in [-0.4, -0.2) is 23.7 Å². The Morgan fingerprint density at radius 2 is 2.24 bits per heavy atom. The smallest absolute Gasteiger partial charge is 0.239 e. The molecule has 96 valence electrons. The molecule has 0 heterocycles. The summed E-state index contributed by atoms with van der Waals surface area (Å²) in [4.78, 5) is 15.7. The van der Waals surface area contributed by atoms with Gasteiger partial charge >= 0.3 is 0 Å². The van der Waals surface area contributed by atoms with Gasteiger partial charge in [-0.3, -0.25) is 4.79 Å². The molecule has 0 saturated heterocycles. The fourth-order valence-corrected chi connectivity index (χ4v) is 1.61. The van der Waals surface area contributed by atoms with Crippen LogP contribution in [0.25, 0.3) is 0 Å². The first-order valence-corrected chi connectivity index (χ1v) is 6.43. The molecule has 1 aliphatic rings. The number of amides is 1. The van der Waals surface area contributed by atoms with Crippen LogP contribution in [0.15, 0.2) is 16.9 Å². The second-order valence-corrected chi connectivity index (χ2v) is 4.71. The van der Waals surface area contributed by atoms with Gasteiger partial charge in [0.1, 0.15) is 11.0 Å². The van der Waals surface area contributed by atoms with Crippen molar-refractivity contribution in [3.05, 3.63) is 11.9 Å². The zero-order chi connectivity index (χ0) is 12.7. The molecule has 2 N–H and O–H groups in total. The van der Waals surface area contributed by atoms with Gasteiger partial charge < -0.3 is 10.6 Å². The lowest BCUT2D eigenvalue weighted by Gasteiger charge is -2.26. The van der Waals surface area contributed by atoms with Crippen LogP contribution < -0.4 is 10.6 Å². The molecule has 0 aromatic rings. The average Bonchev–Trinajstić information content (AvgIpc) is 2.14. The molecule has 0 aliphatic heterocycles. The number of carbonyl (C=O) groups is 1. The van der Waals surface area contributed by atoms with E-state index in [4.69, 9.17) is 11.6 Å². The largest absolute Gasteiger partial charge is 0.310 e. The lowest BCUT2D eigenvalue weighted by atomic mass is 9.93. The van der Waals surface area contributed by atoms with Gasteiger partial charge in [0.25, 0.3) is 0 Å². The lowest BCUT2D eigenvalue weighted by molar-refractivity contribution is -0.119. The molecule has 0 radical (unpaired) electrons. The van der Waals surface area contributed by atoms with Gasteiger partial charge in [0.2, 0.25) is 5.91 Å². The normalized spacial score (nSPS) is 17.8. The van der Waals surface area contributed by atoms with E-state index in [1.54, 1.807) is 6.92 Å². The van der Waals surface area contributed by atoms with Crippen LogP contribution >= 0.6 is 11.6 Å². The SMILES string of the molecule is CC/C=C(\N=C(/C)Cl)NC(=O)CNC1CCC1. The molecule has 1 rings (SSSR count). The monoisotopic (exact) mass is 257 g/mol. The van der Waals surface area contributed by atoms with E-state index in [2.05, 4.69) is 15.6 Å². The molecular weight excluding hydrogens is 238 g/mol. The van der Waals surface area contributed by atoms with Crippen molar-refractivity contribution >= 4 is 22.7 Å². The Kier molecular flexibility index (Phi) is 6.22. The number of hydrogen-bond acceptors (Lipinski definition) is 3. The van der Waals surface area contributed by atoms with E-state index in [0.717, 1.165) is 6.42 Å². The van der Waals surface area contributed by atoms with Gasteiger partial charge in [-0.25, -0.2) is 4.99 Å². The minimum absolute atomic E-state index is 0.0710. The second kappa shape index (κ2) is 7.45. The number of allylic oxidation sites excluding steroid dienone is 1. The fraction of sp³-hybridized carbons (Fsp3) is 0.667. The van der Waals surface area contributed by atoms with Crippen molar-refractivity contribution in [3.8, 4) is 0 Å². The zero-order valence-corrected chi connectivity index (χ0v) is 11.2. The molecule has 1 saturated carbocycles. The molecule has 5 heteroatoms. The van der Waals surface area contributed by atoms with Gasteiger partial charge in [-0.1, -0.05) is 24.9 Å². The Balaban J connectivity index is 2.35. The van der Waals surface area contributed by atoms with Crippen LogP contribution in [0.1, 0.15) is 39.5 Å². The molecule has 0 bridgehead atoms. The molecule has 0 aromatic heterocycles. The van der Waals surface area contributed by atoms with Crippen LogP contribution in [0.3, 0.4) is 0 Å². The highest BCUT2D eigenvalue weighted by atomic mass is 35.5. The third-order valence-corrected chi connectivity index (χ3v) is 2.68. The van der Waals surface area contributed by atoms with Crippen molar-refractivity contribution in [2.75, 3.05) is 6.54 Å². The quantitative estimate of drug-likeness (QED) is 0.717. The Bertz CT molecular complexity index is 318. The van der Waals surface area contributed by atoms with Gasteiger partial charge in [0.05, 0.1) is 6.54 Å². The predicted molar refractivity (Wildman–Crippen MR) is 71.1 cm³/mol. The van der Waals surface area contributed by atoms with E-state index >= 15 is 0 Å². The van der Waals surface area contributed by atoms with Gasteiger partial charge in [0, 0.05) is 6.04 Å². The second-order valence-electron chi connectivity index (χ2n) is 4.16. The van der Waals surface area contributed by atoms with Crippen molar-refractivity contribution in [1.29, 1.82) is 0 Å². The molecule has 17 heavy (non-hydrogen) atoms. The molecule has 0 atom stereocenters. The molecule has 4 nitrogen and oxygen atoms in total. The first-order chi connectivity index (χ1) is 8.11. The molecule has 0 unspecified atom stereocenters. The van der Waals surface area contributed by atoms with Crippen LogP contribution in [0, 0.1) is 0 Å². The standard InChI is InChI=1S/C12H20ClN3O/c1-3-5-11(15-9(2)13)16-12(17)8-14-10-6-4-7-10/h5,10,14H,3-4,6-8H2,1-2H3,(H,16,17)/b11-5+,15-9+. The maximum absolute atomic E-state index is 11.6. The molecule has 1 fully saturated rings. The number of rotatable bonds is 6. The summed E-state index contributed by atoms with van der Waals surface area (Å²) < 4.78 is 0. The highest BCUT2D eigenvalue weighted by molar-refractivity contribution is 6.64. The Morgan fingerprint density at radius 1 is 1.53 bits per heavy atom. The summed E-state index contributed by atoms with van der Waals surface area (Å²) in [5.41, 5.74) is 0. The molecule has 0 spiro atoms. The lowest BCUT2D eigenvalue weighted by Crippen LogP contribution is -2.41. The molecule has 1 aliphatic carbocycles. The summed E-state index contributed by atoms with van der Waals surface area (Å²) in [5, 5.41) is 6.35. The van der Waals surface area contributed by atoms with Gasteiger partial charge in [-0.15, -0.1) is 0 Å². The number of halogens is 1. The van der Waals surface area contributed by atoms with Crippen LogP contribution in [0.2, 0.25) is 0 Å². The number of carbonyl (C=O) groups excluding carboxylic acids is 1. The summed E-state index contributed by atoms with van der Waals surface area (Å²) in [6.45, 7) is 4.00. The van der Waals surface area contributed by atoms with E-state index in [0.29, 0.717) is 23.6 Å². The van der Waals surface area contributed by atoms with Gasteiger partial charge in [-0.2, -0.15) is 0 Å². The van der Waals surface area contributed by atoms with Gasteiger partial charge in [0.15, 0.2) is 0 Å². The first kappa shape index (κ1) is 14.2. The minimum atomic E-state index is -0.0710. The van der Waals surface area contributed by atoms with E-state index in [1.807, 2.05) is 13.0 Å². The number of nitrogens with one attached hydrogen (secondary N) is 2. The Labute approximate surface area is 108 Å². The maximum Gasteiger partial charge on any atom is 0.239 e. The van der Waals surface area contributed by atoms with Crippen LogP contribution in [0.4, 0.5) is 0 Å².